The summed E-state index contributed by atoms with van der Waals surface area (Å²) in [7, 11) is 0. The number of rotatable bonds is 4. The molecule has 2 amide bonds. The number of ether oxygens (including phenoxy) is 2. The monoisotopic (exact) mass is 376 g/mol. The second-order valence-corrected chi connectivity index (χ2v) is 6.03. The molecule has 5 nitrogen and oxygen atoms in total. The van der Waals surface area contributed by atoms with Crippen LogP contribution in [0.25, 0.3) is 0 Å². The summed E-state index contributed by atoms with van der Waals surface area (Å²) in [6.45, 7) is 1.70. The van der Waals surface area contributed by atoms with Crippen molar-refractivity contribution in [2.75, 3.05) is 25.1 Å². The zero-order valence-electron chi connectivity index (χ0n) is 12.5. The molecule has 0 atom stereocenters. The average molecular weight is 377 g/mol. The summed E-state index contributed by atoms with van der Waals surface area (Å²) in [5.41, 5.74) is 1.84. The van der Waals surface area contributed by atoms with Crippen molar-refractivity contribution < 1.29 is 14.3 Å². The van der Waals surface area contributed by atoms with Crippen LogP contribution in [0.5, 0.6) is 11.5 Å². The lowest BCUT2D eigenvalue weighted by atomic mass is 10.1. The Kier molecular flexibility index (Phi) is 5.02. The number of urea groups is 1. The number of hydrogen-bond acceptors (Lipinski definition) is 3. The molecule has 0 fully saturated rings. The Morgan fingerprint density at radius 1 is 1.09 bits per heavy atom. The van der Waals surface area contributed by atoms with Gasteiger partial charge in [0.05, 0.1) is 0 Å². The van der Waals surface area contributed by atoms with Gasteiger partial charge in [0, 0.05) is 16.7 Å². The first-order chi connectivity index (χ1) is 11.2. The fraction of sp³-hybridized carbons (Fsp3) is 0.235. The van der Waals surface area contributed by atoms with E-state index in [4.69, 9.17) is 9.47 Å². The highest BCUT2D eigenvalue weighted by Gasteiger charge is 2.11. The molecule has 0 spiro atoms. The molecule has 0 unspecified atom stereocenters. The molecule has 1 heterocycles. The second kappa shape index (κ2) is 7.37. The van der Waals surface area contributed by atoms with Crippen LogP contribution in [0.1, 0.15) is 5.56 Å². The molecule has 2 aromatic carbocycles. The van der Waals surface area contributed by atoms with Crippen molar-refractivity contribution in [2.45, 2.75) is 6.42 Å². The Morgan fingerprint density at radius 2 is 1.91 bits per heavy atom. The molecular weight excluding hydrogens is 360 g/mol. The van der Waals surface area contributed by atoms with Gasteiger partial charge in [0.2, 0.25) is 0 Å². The van der Waals surface area contributed by atoms with Crippen LogP contribution in [0.3, 0.4) is 0 Å². The second-order valence-electron chi connectivity index (χ2n) is 5.12. The molecule has 1 aliphatic heterocycles. The number of carbonyl (C=O) groups is 1. The number of fused-ring (bicyclic) bond motifs is 1. The van der Waals surface area contributed by atoms with Crippen molar-refractivity contribution in [1.29, 1.82) is 0 Å². The summed E-state index contributed by atoms with van der Waals surface area (Å²) in [6.07, 6.45) is 0.725. The maximum Gasteiger partial charge on any atom is 0.319 e. The van der Waals surface area contributed by atoms with E-state index in [9.17, 15) is 4.79 Å². The van der Waals surface area contributed by atoms with Gasteiger partial charge >= 0.3 is 6.03 Å². The van der Waals surface area contributed by atoms with E-state index in [1.54, 1.807) is 0 Å². The molecule has 23 heavy (non-hydrogen) atoms. The normalized spacial score (nSPS) is 12.6. The third-order valence-corrected chi connectivity index (χ3v) is 3.88. The molecule has 3 rings (SSSR count). The molecule has 0 saturated heterocycles. The lowest BCUT2D eigenvalue weighted by Gasteiger charge is -2.18. The highest BCUT2D eigenvalue weighted by atomic mass is 79.9. The fourth-order valence-electron chi connectivity index (χ4n) is 2.31. The Bertz CT molecular complexity index is 706. The van der Waals surface area contributed by atoms with Crippen LogP contribution in [0, 0.1) is 0 Å². The van der Waals surface area contributed by atoms with E-state index in [1.807, 2.05) is 42.5 Å². The molecule has 0 bridgehead atoms. The number of carbonyl (C=O) groups excluding carboxylic acids is 1. The Labute approximate surface area is 143 Å². The van der Waals surface area contributed by atoms with Gasteiger partial charge in [0.1, 0.15) is 13.2 Å². The molecule has 0 aromatic heterocycles. The standard InChI is InChI=1S/C17H17BrN2O3/c18-13-2-1-3-14(11-13)20-17(21)19-7-6-12-4-5-15-16(10-12)23-9-8-22-15/h1-5,10-11H,6-9H2,(H2,19,20,21). The van der Waals surface area contributed by atoms with Gasteiger partial charge in [-0.05, 0) is 42.3 Å². The van der Waals surface area contributed by atoms with Crippen molar-refractivity contribution >= 4 is 27.6 Å². The summed E-state index contributed by atoms with van der Waals surface area (Å²) in [5, 5.41) is 5.64. The molecule has 120 valence electrons. The van der Waals surface area contributed by atoms with Gasteiger partial charge in [-0.1, -0.05) is 28.1 Å². The van der Waals surface area contributed by atoms with Gasteiger partial charge in [-0.3, -0.25) is 0 Å². The van der Waals surface area contributed by atoms with Gasteiger partial charge in [-0.15, -0.1) is 0 Å². The van der Waals surface area contributed by atoms with Crippen LogP contribution in [0.15, 0.2) is 46.9 Å². The Balaban J connectivity index is 1.48. The zero-order chi connectivity index (χ0) is 16.1. The van der Waals surface area contributed by atoms with Crippen molar-refractivity contribution in [3.05, 3.63) is 52.5 Å². The maximum absolute atomic E-state index is 11.9. The van der Waals surface area contributed by atoms with Crippen LogP contribution in [-0.4, -0.2) is 25.8 Å². The third kappa shape index (κ3) is 4.39. The van der Waals surface area contributed by atoms with Gasteiger partial charge < -0.3 is 20.1 Å². The third-order valence-electron chi connectivity index (χ3n) is 3.39. The van der Waals surface area contributed by atoms with Crippen LogP contribution >= 0.6 is 15.9 Å². The molecule has 6 heteroatoms. The maximum atomic E-state index is 11.9. The molecule has 0 radical (unpaired) electrons. The Morgan fingerprint density at radius 3 is 2.74 bits per heavy atom. The molecule has 2 N–H and O–H groups in total. The smallest absolute Gasteiger partial charge is 0.319 e. The van der Waals surface area contributed by atoms with Crippen LogP contribution in [0.2, 0.25) is 0 Å². The SMILES string of the molecule is O=C(NCCc1ccc2c(c1)OCCO2)Nc1cccc(Br)c1. The fourth-order valence-corrected chi connectivity index (χ4v) is 2.70. The Hall–Kier alpha value is -2.21. The first-order valence-electron chi connectivity index (χ1n) is 7.40. The van der Waals surface area contributed by atoms with Crippen LogP contribution < -0.4 is 20.1 Å². The number of nitrogens with one attached hydrogen (secondary N) is 2. The minimum atomic E-state index is -0.222. The molecule has 0 saturated carbocycles. The quantitative estimate of drug-likeness (QED) is 0.856. The van der Waals surface area contributed by atoms with Gasteiger partial charge in [0.25, 0.3) is 0 Å². The summed E-state index contributed by atoms with van der Waals surface area (Å²) in [5.74, 6) is 1.55. The highest BCUT2D eigenvalue weighted by molar-refractivity contribution is 9.10. The van der Waals surface area contributed by atoms with E-state index in [0.717, 1.165) is 33.6 Å². The summed E-state index contributed by atoms with van der Waals surface area (Å²) in [6, 6.07) is 13.1. The minimum absolute atomic E-state index is 0.222. The molecular formula is C17H17BrN2O3. The van der Waals surface area contributed by atoms with E-state index in [1.165, 1.54) is 0 Å². The van der Waals surface area contributed by atoms with Crippen molar-refractivity contribution in [1.82, 2.24) is 5.32 Å². The topological polar surface area (TPSA) is 59.6 Å². The van der Waals surface area contributed by atoms with E-state index in [2.05, 4.69) is 26.6 Å². The summed E-state index contributed by atoms with van der Waals surface area (Å²) in [4.78, 5) is 11.9. The molecule has 0 aliphatic carbocycles. The number of halogens is 1. The van der Waals surface area contributed by atoms with Gasteiger partial charge in [-0.25, -0.2) is 4.79 Å². The lowest BCUT2D eigenvalue weighted by molar-refractivity contribution is 0.171. The number of hydrogen-bond donors (Lipinski definition) is 2. The number of anilines is 1. The van der Waals surface area contributed by atoms with Gasteiger partial charge in [-0.2, -0.15) is 0 Å². The van der Waals surface area contributed by atoms with Crippen LogP contribution in [-0.2, 0) is 6.42 Å². The average Bonchev–Trinajstić information content (AvgIpc) is 2.55. The summed E-state index contributed by atoms with van der Waals surface area (Å²) < 4.78 is 12.0. The molecule has 1 aliphatic rings. The van der Waals surface area contributed by atoms with Crippen molar-refractivity contribution in [2.24, 2.45) is 0 Å². The predicted molar refractivity (Wildman–Crippen MR) is 92.3 cm³/mol. The van der Waals surface area contributed by atoms with Gasteiger partial charge in [0.15, 0.2) is 11.5 Å². The molecule has 2 aromatic rings. The predicted octanol–water partition coefficient (Wildman–Crippen LogP) is 3.58. The van der Waals surface area contributed by atoms with Crippen LogP contribution in [0.4, 0.5) is 10.5 Å². The summed E-state index contributed by atoms with van der Waals surface area (Å²) >= 11 is 3.37. The minimum Gasteiger partial charge on any atom is -0.486 e. The largest absolute Gasteiger partial charge is 0.486 e. The first kappa shape index (κ1) is 15.7. The van der Waals surface area contributed by atoms with E-state index >= 15 is 0 Å². The van der Waals surface area contributed by atoms with Crippen molar-refractivity contribution in [3.63, 3.8) is 0 Å². The number of amides is 2. The number of benzene rings is 2. The van der Waals surface area contributed by atoms with E-state index in [-0.39, 0.29) is 6.03 Å². The first-order valence-corrected chi connectivity index (χ1v) is 8.19. The van der Waals surface area contributed by atoms with E-state index < -0.39 is 0 Å². The van der Waals surface area contributed by atoms with Crippen molar-refractivity contribution in [3.8, 4) is 11.5 Å². The lowest BCUT2D eigenvalue weighted by Crippen LogP contribution is -2.30. The zero-order valence-corrected chi connectivity index (χ0v) is 14.1. The van der Waals surface area contributed by atoms with E-state index in [0.29, 0.717) is 19.8 Å². The highest BCUT2D eigenvalue weighted by Crippen LogP contribution is 2.30.